The van der Waals surface area contributed by atoms with Crippen molar-refractivity contribution in [3.8, 4) is 28.3 Å². The molecule has 0 N–H and O–H groups in total. The van der Waals surface area contributed by atoms with Crippen LogP contribution in [0.4, 0.5) is 0 Å². The van der Waals surface area contributed by atoms with Gasteiger partial charge in [-0.05, 0) is 40.8 Å². The molecule has 3 aromatic heterocycles. The average Bonchev–Trinajstić information content (AvgIpc) is 3.70. The van der Waals surface area contributed by atoms with Crippen molar-refractivity contribution in [1.82, 2.24) is 14.5 Å². The van der Waals surface area contributed by atoms with Crippen molar-refractivity contribution in [2.24, 2.45) is 0 Å². The van der Waals surface area contributed by atoms with Crippen LogP contribution in [-0.2, 0) is 0 Å². The minimum Gasteiger partial charge on any atom is -0.277 e. The van der Waals surface area contributed by atoms with Crippen molar-refractivity contribution in [2.45, 2.75) is 0 Å². The molecular formula is C42H25N3S. The highest BCUT2D eigenvalue weighted by Crippen LogP contribution is 2.44. The number of thiophene rings is 1. The number of nitrogens with zero attached hydrogens (tertiary/aromatic N) is 3. The molecule has 0 saturated heterocycles. The third kappa shape index (κ3) is 3.71. The van der Waals surface area contributed by atoms with E-state index in [1.807, 2.05) is 66.7 Å². The van der Waals surface area contributed by atoms with E-state index in [-0.39, 0.29) is 29.7 Å². The predicted molar refractivity (Wildman–Crippen MR) is 195 cm³/mol. The van der Waals surface area contributed by atoms with Crippen LogP contribution < -0.4 is 0 Å². The fourth-order valence-corrected chi connectivity index (χ4v) is 8.07. The third-order valence-corrected chi connectivity index (χ3v) is 10.1. The number of benzene rings is 7. The van der Waals surface area contributed by atoms with Crippen LogP contribution in [0.25, 0.3) is 92.0 Å². The Morgan fingerprint density at radius 3 is 2.17 bits per heavy atom. The summed E-state index contributed by atoms with van der Waals surface area (Å²) in [5, 5.41) is 7.48. The van der Waals surface area contributed by atoms with Crippen LogP contribution in [0, 0.1) is 0 Å². The molecule has 46 heavy (non-hydrogen) atoms. The van der Waals surface area contributed by atoms with E-state index in [9.17, 15) is 1.37 Å². The topological polar surface area (TPSA) is 30.7 Å². The molecule has 0 aliphatic carbocycles. The zero-order valence-corrected chi connectivity index (χ0v) is 25.2. The van der Waals surface area contributed by atoms with Gasteiger partial charge in [-0.15, -0.1) is 11.3 Å². The van der Waals surface area contributed by atoms with Crippen molar-refractivity contribution < 1.29 is 5.48 Å². The molecule has 10 rings (SSSR count). The van der Waals surface area contributed by atoms with E-state index >= 15 is 0 Å². The minimum absolute atomic E-state index is 0.00309. The molecule has 0 aliphatic heterocycles. The summed E-state index contributed by atoms with van der Waals surface area (Å²) in [6.45, 7) is 0. The SMILES string of the molecule is [2H]c1c([2H])c(-c2ccccc2)c([2H])c(-c2nc(-n3c4ccccc4c4ccc5ccc6c7ccccc7sc6c5c43)nc3ccccc23)c1[2H]. The zero-order valence-electron chi connectivity index (χ0n) is 28.4. The largest absolute Gasteiger partial charge is 0.277 e. The average molecular weight is 608 g/mol. The summed E-state index contributed by atoms with van der Waals surface area (Å²) >= 11 is 1.79. The van der Waals surface area contributed by atoms with Gasteiger partial charge in [0.1, 0.15) is 0 Å². The van der Waals surface area contributed by atoms with Gasteiger partial charge in [-0.2, -0.15) is 0 Å². The Morgan fingerprint density at radius 2 is 1.28 bits per heavy atom. The van der Waals surface area contributed by atoms with E-state index in [1.165, 1.54) is 20.2 Å². The molecule has 3 nitrogen and oxygen atoms in total. The standard InChI is InChI=1S/C42H25N3S/c1-2-11-26(12-3-1)28-13-10-14-29(25-28)39-34-17-4-7-18-35(34)43-42(44-39)45-36-19-8-5-15-30(36)32-23-21-27-22-24-33-31-16-6-9-20-37(31)46-41(33)38(27)40(32)45/h1-25H/i10D,13D,14D,25D. The van der Waals surface area contributed by atoms with Crippen LogP contribution >= 0.6 is 11.3 Å². The van der Waals surface area contributed by atoms with Crippen LogP contribution in [0.2, 0.25) is 0 Å². The van der Waals surface area contributed by atoms with Gasteiger partial charge < -0.3 is 0 Å². The van der Waals surface area contributed by atoms with Gasteiger partial charge in [-0.3, -0.25) is 4.57 Å². The summed E-state index contributed by atoms with van der Waals surface area (Å²) in [5.41, 5.74) is 4.16. The monoisotopic (exact) mass is 607 g/mol. The fourth-order valence-electron chi connectivity index (χ4n) is 6.81. The molecule has 0 unspecified atom stereocenters. The van der Waals surface area contributed by atoms with Gasteiger partial charge in [0, 0.05) is 47.3 Å². The lowest BCUT2D eigenvalue weighted by atomic mass is 10.00. The van der Waals surface area contributed by atoms with E-state index in [0.29, 0.717) is 33.7 Å². The van der Waals surface area contributed by atoms with E-state index < -0.39 is 0 Å². The Balaban J connectivity index is 1.37. The molecule has 0 bridgehead atoms. The second kappa shape index (κ2) is 9.83. The first-order chi connectivity index (χ1) is 24.5. The Bertz CT molecular complexity index is 3030. The van der Waals surface area contributed by atoms with Gasteiger partial charge in [0.15, 0.2) is 0 Å². The molecule has 214 valence electrons. The number of hydrogen-bond acceptors (Lipinski definition) is 3. The van der Waals surface area contributed by atoms with Gasteiger partial charge in [0.05, 0.1) is 27.7 Å². The summed E-state index contributed by atoms with van der Waals surface area (Å²) in [6, 6.07) is 41.9. The number of rotatable bonds is 3. The Kier molecular flexibility index (Phi) is 4.66. The van der Waals surface area contributed by atoms with Crippen molar-refractivity contribution in [3.05, 3.63) is 152 Å². The number of para-hydroxylation sites is 2. The minimum atomic E-state index is -0.242. The summed E-state index contributed by atoms with van der Waals surface area (Å²) in [6.07, 6.45) is 0. The first-order valence-corrected chi connectivity index (χ1v) is 16.0. The van der Waals surface area contributed by atoms with Crippen LogP contribution in [-0.4, -0.2) is 14.5 Å². The molecule has 4 heteroatoms. The van der Waals surface area contributed by atoms with Crippen molar-refractivity contribution in [1.29, 1.82) is 0 Å². The first kappa shape index (κ1) is 21.8. The Labute approximate surface area is 274 Å². The normalized spacial score (nSPS) is 13.1. The van der Waals surface area contributed by atoms with E-state index in [4.69, 9.17) is 14.1 Å². The Hall–Kier alpha value is -5.84. The highest BCUT2D eigenvalue weighted by molar-refractivity contribution is 7.26. The maximum absolute atomic E-state index is 9.44. The maximum Gasteiger partial charge on any atom is 0.235 e. The van der Waals surface area contributed by atoms with Crippen LogP contribution in [0.3, 0.4) is 0 Å². The van der Waals surface area contributed by atoms with Crippen LogP contribution in [0.5, 0.6) is 0 Å². The lowest BCUT2D eigenvalue weighted by molar-refractivity contribution is 1.02. The summed E-state index contributed by atoms with van der Waals surface area (Å²) in [4.78, 5) is 10.4. The highest BCUT2D eigenvalue weighted by atomic mass is 32.1. The quantitative estimate of drug-likeness (QED) is 0.200. The molecule has 10 aromatic rings. The third-order valence-electron chi connectivity index (χ3n) is 8.88. The smallest absolute Gasteiger partial charge is 0.235 e. The lowest BCUT2D eigenvalue weighted by Crippen LogP contribution is -2.03. The molecule has 0 radical (unpaired) electrons. The molecule has 7 aromatic carbocycles. The van der Waals surface area contributed by atoms with Crippen molar-refractivity contribution >= 4 is 75.0 Å². The van der Waals surface area contributed by atoms with Crippen LogP contribution in [0.15, 0.2) is 152 Å². The van der Waals surface area contributed by atoms with Crippen molar-refractivity contribution in [2.75, 3.05) is 0 Å². The fraction of sp³-hybridized carbons (Fsp3) is 0. The Morgan fingerprint density at radius 1 is 0.565 bits per heavy atom. The zero-order chi connectivity index (χ0) is 33.7. The van der Waals surface area contributed by atoms with E-state index in [0.717, 1.165) is 32.6 Å². The lowest BCUT2D eigenvalue weighted by Gasteiger charge is -2.13. The van der Waals surface area contributed by atoms with Gasteiger partial charge in [-0.1, -0.05) is 127 Å². The molecule has 3 heterocycles. The van der Waals surface area contributed by atoms with Gasteiger partial charge in [0.2, 0.25) is 5.95 Å². The second-order valence-electron chi connectivity index (χ2n) is 11.5. The number of aromatic nitrogens is 3. The number of fused-ring (bicyclic) bond motifs is 10. The molecule has 0 saturated carbocycles. The first-order valence-electron chi connectivity index (χ1n) is 17.2. The summed E-state index contributed by atoms with van der Waals surface area (Å²) in [7, 11) is 0. The molecule has 0 fully saturated rings. The molecular weight excluding hydrogens is 579 g/mol. The maximum atomic E-state index is 9.44. The molecule has 0 aliphatic rings. The van der Waals surface area contributed by atoms with Crippen LogP contribution in [0.1, 0.15) is 5.48 Å². The van der Waals surface area contributed by atoms with E-state index in [2.05, 4.69) is 65.2 Å². The van der Waals surface area contributed by atoms with Gasteiger partial charge in [-0.25, -0.2) is 9.97 Å². The molecule has 0 amide bonds. The summed E-state index contributed by atoms with van der Waals surface area (Å²) < 4.78 is 40.7. The van der Waals surface area contributed by atoms with Gasteiger partial charge in [0.25, 0.3) is 0 Å². The van der Waals surface area contributed by atoms with Gasteiger partial charge >= 0.3 is 0 Å². The molecule has 0 atom stereocenters. The second-order valence-corrected chi connectivity index (χ2v) is 12.5. The van der Waals surface area contributed by atoms with E-state index in [1.54, 1.807) is 11.3 Å². The molecule has 0 spiro atoms. The highest BCUT2D eigenvalue weighted by Gasteiger charge is 2.21. The summed E-state index contributed by atoms with van der Waals surface area (Å²) in [5.74, 6) is 0.414. The van der Waals surface area contributed by atoms with Crippen molar-refractivity contribution in [3.63, 3.8) is 0 Å². The predicted octanol–water partition coefficient (Wildman–Crippen LogP) is 11.6. The number of hydrogen-bond donors (Lipinski definition) is 0.